The molecule has 0 N–H and O–H groups in total. The van der Waals surface area contributed by atoms with Gasteiger partial charge in [-0.2, -0.15) is 0 Å². The Morgan fingerprint density at radius 3 is 3.22 bits per heavy atom. The summed E-state index contributed by atoms with van der Waals surface area (Å²) in [4.78, 5) is 10.7. The van der Waals surface area contributed by atoms with Gasteiger partial charge in [-0.15, -0.1) is 0 Å². The molecule has 2 nitrogen and oxygen atoms in total. The van der Waals surface area contributed by atoms with Crippen LogP contribution in [0.1, 0.15) is 0 Å². The van der Waals surface area contributed by atoms with Gasteiger partial charge in [0.1, 0.15) is 5.37 Å². The van der Waals surface area contributed by atoms with Crippen LogP contribution in [0.25, 0.3) is 0 Å². The highest BCUT2D eigenvalue weighted by Gasteiger charge is 2.37. The zero-order valence-corrected chi connectivity index (χ0v) is 6.24. The van der Waals surface area contributed by atoms with Gasteiger partial charge in [-0.05, 0) is 23.7 Å². The van der Waals surface area contributed by atoms with Crippen molar-refractivity contribution in [2.45, 2.75) is 5.37 Å². The van der Waals surface area contributed by atoms with Crippen LogP contribution >= 0.6 is 23.7 Å². The van der Waals surface area contributed by atoms with Crippen molar-refractivity contribution in [1.29, 1.82) is 0 Å². The van der Waals surface area contributed by atoms with E-state index in [9.17, 15) is 4.79 Å². The Labute approximate surface area is 61.8 Å². The number of fused-ring (bicyclic) bond motifs is 1. The summed E-state index contributed by atoms with van der Waals surface area (Å²) >= 11 is 2.99. The summed E-state index contributed by atoms with van der Waals surface area (Å²) in [7, 11) is 0. The van der Waals surface area contributed by atoms with E-state index < -0.39 is 0 Å². The predicted octanol–water partition coefficient (Wildman–Crippen LogP) is 1.70. The first-order valence-electron chi connectivity index (χ1n) is 2.67. The molecule has 9 heavy (non-hydrogen) atoms. The average Bonchev–Trinajstić information content (AvgIpc) is 1.86. The second-order valence-corrected chi connectivity index (χ2v) is 3.88. The number of carbonyl (C=O) groups excluding carboxylic acids is 1. The van der Waals surface area contributed by atoms with Crippen LogP contribution < -0.4 is 0 Å². The van der Waals surface area contributed by atoms with E-state index in [4.69, 9.17) is 0 Å². The summed E-state index contributed by atoms with van der Waals surface area (Å²) in [6.45, 7) is 0. The number of hydrogen-bond acceptors (Lipinski definition) is 3. The summed E-state index contributed by atoms with van der Waals surface area (Å²) in [5.74, 6) is 0.947. The topological polar surface area (TPSA) is 20.3 Å². The van der Waals surface area contributed by atoms with E-state index in [1.54, 1.807) is 11.9 Å². The van der Waals surface area contributed by atoms with E-state index >= 15 is 0 Å². The maximum Gasteiger partial charge on any atom is 0.295 e. The van der Waals surface area contributed by atoms with E-state index in [2.05, 4.69) is 12.2 Å². The number of thioether (sulfide) groups is 1. The van der Waals surface area contributed by atoms with Crippen molar-refractivity contribution >= 4 is 28.9 Å². The maximum absolute atomic E-state index is 10.7. The Kier molecular flexibility index (Phi) is 1.23. The molecule has 1 atom stereocenters. The van der Waals surface area contributed by atoms with Crippen molar-refractivity contribution in [3.05, 3.63) is 12.2 Å². The second kappa shape index (κ2) is 1.95. The zero-order valence-electron chi connectivity index (χ0n) is 4.61. The molecule has 0 unspecified atom stereocenters. The zero-order chi connectivity index (χ0) is 6.27. The normalized spacial score (nSPS) is 31.8. The van der Waals surface area contributed by atoms with Gasteiger partial charge in [-0.3, -0.25) is 9.10 Å². The Morgan fingerprint density at radius 1 is 1.78 bits per heavy atom. The van der Waals surface area contributed by atoms with E-state index in [1.165, 1.54) is 11.8 Å². The standard InChI is InChI=1S/C5H5NOS2/c7-5-6-4(9-5)2-1-3-8-6/h1-2,4H,3H2/t4-/m1/s1. The third-order valence-corrected chi connectivity index (χ3v) is 3.51. The van der Waals surface area contributed by atoms with Gasteiger partial charge in [-0.1, -0.05) is 12.2 Å². The van der Waals surface area contributed by atoms with Crippen molar-refractivity contribution in [1.82, 2.24) is 4.31 Å². The van der Waals surface area contributed by atoms with Crippen LogP contribution in [0.5, 0.6) is 0 Å². The molecule has 4 heteroatoms. The Bertz CT molecular complexity index is 180. The molecule has 0 aromatic heterocycles. The highest BCUT2D eigenvalue weighted by Crippen LogP contribution is 2.40. The molecule has 0 aromatic carbocycles. The van der Waals surface area contributed by atoms with Crippen LogP contribution in [0.15, 0.2) is 12.2 Å². The van der Waals surface area contributed by atoms with Crippen molar-refractivity contribution in [3.8, 4) is 0 Å². The molecule has 0 bridgehead atoms. The lowest BCUT2D eigenvalue weighted by Crippen LogP contribution is -2.41. The molecule has 2 aliphatic rings. The van der Waals surface area contributed by atoms with Gasteiger partial charge in [0.25, 0.3) is 5.24 Å². The molecule has 2 aliphatic heterocycles. The minimum atomic E-state index is 0.203. The second-order valence-electron chi connectivity index (χ2n) is 1.82. The largest absolute Gasteiger partial charge is 0.295 e. The van der Waals surface area contributed by atoms with E-state index in [1.807, 2.05) is 4.31 Å². The van der Waals surface area contributed by atoms with Gasteiger partial charge in [0.05, 0.1) is 0 Å². The smallest absolute Gasteiger partial charge is 0.261 e. The fourth-order valence-corrected chi connectivity index (χ4v) is 2.72. The van der Waals surface area contributed by atoms with Crippen LogP contribution in [0.3, 0.4) is 0 Å². The number of amides is 1. The van der Waals surface area contributed by atoms with Gasteiger partial charge < -0.3 is 0 Å². The van der Waals surface area contributed by atoms with Crippen LogP contribution in [0.4, 0.5) is 4.79 Å². The molecule has 1 fully saturated rings. The molecule has 48 valence electrons. The molecule has 1 amide bonds. The fourth-order valence-electron chi connectivity index (χ4n) is 0.797. The van der Waals surface area contributed by atoms with Gasteiger partial charge in [0.2, 0.25) is 0 Å². The summed E-state index contributed by atoms with van der Waals surface area (Å²) in [5.41, 5.74) is 0. The van der Waals surface area contributed by atoms with Gasteiger partial charge in [0, 0.05) is 5.75 Å². The molecule has 0 aromatic rings. The Morgan fingerprint density at radius 2 is 2.67 bits per heavy atom. The third-order valence-electron chi connectivity index (χ3n) is 1.24. The van der Waals surface area contributed by atoms with E-state index in [-0.39, 0.29) is 5.24 Å². The van der Waals surface area contributed by atoms with Gasteiger partial charge in [-0.25, -0.2) is 0 Å². The first-order chi connectivity index (χ1) is 4.38. The Hall–Kier alpha value is -0.0900. The summed E-state index contributed by atoms with van der Waals surface area (Å²) in [6, 6.07) is 0. The number of hydrogen-bond donors (Lipinski definition) is 0. The summed E-state index contributed by atoms with van der Waals surface area (Å²) in [5, 5.41) is 0.547. The highest BCUT2D eigenvalue weighted by atomic mass is 32.2. The van der Waals surface area contributed by atoms with Crippen molar-refractivity contribution in [2.75, 3.05) is 5.75 Å². The minimum absolute atomic E-state index is 0.203. The molecule has 0 radical (unpaired) electrons. The highest BCUT2D eigenvalue weighted by molar-refractivity contribution is 8.19. The number of nitrogens with zero attached hydrogens (tertiary/aromatic N) is 1. The first kappa shape index (κ1) is 5.68. The predicted molar refractivity (Wildman–Crippen MR) is 40.2 cm³/mol. The quantitative estimate of drug-likeness (QED) is 0.396. The number of carbonyl (C=O) groups is 1. The molecule has 2 heterocycles. The molecular weight excluding hydrogens is 154 g/mol. The summed E-state index contributed by atoms with van der Waals surface area (Å²) in [6.07, 6.45) is 4.17. The van der Waals surface area contributed by atoms with Crippen LogP contribution in [-0.4, -0.2) is 20.7 Å². The third kappa shape index (κ3) is 0.773. The summed E-state index contributed by atoms with van der Waals surface area (Å²) < 4.78 is 1.81. The van der Waals surface area contributed by atoms with E-state index in [0.29, 0.717) is 5.37 Å². The lowest BCUT2D eigenvalue weighted by atomic mass is 10.5. The van der Waals surface area contributed by atoms with Crippen molar-refractivity contribution in [3.63, 3.8) is 0 Å². The molecule has 0 spiro atoms. The van der Waals surface area contributed by atoms with Crippen molar-refractivity contribution in [2.24, 2.45) is 0 Å². The molecule has 0 aliphatic carbocycles. The maximum atomic E-state index is 10.7. The molecule has 1 saturated heterocycles. The lowest BCUT2D eigenvalue weighted by molar-refractivity contribution is 0.243. The van der Waals surface area contributed by atoms with Crippen molar-refractivity contribution < 1.29 is 4.79 Å². The molecule has 0 saturated carbocycles. The van der Waals surface area contributed by atoms with Crippen LogP contribution in [0, 0.1) is 0 Å². The Balaban J connectivity index is 2.14. The monoisotopic (exact) mass is 159 g/mol. The van der Waals surface area contributed by atoms with Crippen LogP contribution in [0.2, 0.25) is 0 Å². The molecule has 2 rings (SSSR count). The number of rotatable bonds is 0. The fraction of sp³-hybridized carbons (Fsp3) is 0.400. The lowest BCUT2D eigenvalue weighted by Gasteiger charge is -2.37. The van der Waals surface area contributed by atoms with Gasteiger partial charge >= 0.3 is 0 Å². The average molecular weight is 159 g/mol. The van der Waals surface area contributed by atoms with Crippen LogP contribution in [-0.2, 0) is 0 Å². The van der Waals surface area contributed by atoms with Gasteiger partial charge in [0.15, 0.2) is 0 Å². The SMILES string of the molecule is O=C1S[C@@H]2C=CCSN12. The first-order valence-corrected chi connectivity index (χ1v) is 4.49. The minimum Gasteiger partial charge on any atom is -0.261 e. The molecular formula is C5H5NOS2. The van der Waals surface area contributed by atoms with E-state index in [0.717, 1.165) is 5.75 Å².